The predicted molar refractivity (Wildman–Crippen MR) is 87.0 cm³/mol. The van der Waals surface area contributed by atoms with E-state index in [4.69, 9.17) is 0 Å². The van der Waals surface area contributed by atoms with Gasteiger partial charge in [-0.3, -0.25) is 9.59 Å². The molecule has 3 N–H and O–H groups in total. The molecule has 5 nitrogen and oxygen atoms in total. The number of hydrogen-bond donors (Lipinski definition) is 3. The molecule has 0 bridgehead atoms. The van der Waals surface area contributed by atoms with E-state index in [1.165, 1.54) is 19.1 Å². The summed E-state index contributed by atoms with van der Waals surface area (Å²) in [4.78, 5) is 26.2. The molecule has 1 heterocycles. The van der Waals surface area contributed by atoms with Crippen LogP contribution in [0.25, 0.3) is 10.9 Å². The van der Waals surface area contributed by atoms with Crippen LogP contribution in [-0.2, 0) is 4.79 Å². The van der Waals surface area contributed by atoms with Gasteiger partial charge in [0, 0.05) is 35.4 Å². The molecular weight excluding hydrogens is 297 g/mol. The third-order valence-electron chi connectivity index (χ3n) is 3.35. The maximum Gasteiger partial charge on any atom is 0.257 e. The summed E-state index contributed by atoms with van der Waals surface area (Å²) >= 11 is 0. The first kappa shape index (κ1) is 14.8. The van der Waals surface area contributed by atoms with Gasteiger partial charge in [-0.05, 0) is 42.5 Å². The van der Waals surface area contributed by atoms with Gasteiger partial charge in [0.05, 0.1) is 5.56 Å². The molecule has 116 valence electrons. The van der Waals surface area contributed by atoms with E-state index in [2.05, 4.69) is 15.6 Å². The number of benzene rings is 2. The zero-order valence-corrected chi connectivity index (χ0v) is 12.3. The monoisotopic (exact) mass is 311 g/mol. The summed E-state index contributed by atoms with van der Waals surface area (Å²) in [5.74, 6) is -0.817. The molecule has 6 heteroatoms. The van der Waals surface area contributed by atoms with Gasteiger partial charge in [-0.1, -0.05) is 0 Å². The van der Waals surface area contributed by atoms with E-state index in [0.29, 0.717) is 27.8 Å². The molecule has 2 amide bonds. The Morgan fingerprint density at radius 2 is 1.65 bits per heavy atom. The average Bonchev–Trinajstić information content (AvgIpc) is 2.91. The van der Waals surface area contributed by atoms with Crippen LogP contribution in [0.4, 0.5) is 15.8 Å². The van der Waals surface area contributed by atoms with Crippen molar-refractivity contribution in [1.82, 2.24) is 4.98 Å². The minimum Gasteiger partial charge on any atom is -0.360 e. The molecule has 0 saturated carbocycles. The van der Waals surface area contributed by atoms with E-state index in [1.807, 2.05) is 0 Å². The summed E-state index contributed by atoms with van der Waals surface area (Å²) in [5.41, 5.74) is 2.25. The SMILES string of the molecule is CC(=O)Nc1ccc(NC(=O)c2c[nH]c3cc(F)ccc23)cc1. The zero-order valence-electron chi connectivity index (χ0n) is 12.3. The molecule has 2 aromatic carbocycles. The highest BCUT2D eigenvalue weighted by Crippen LogP contribution is 2.21. The molecule has 0 atom stereocenters. The Kier molecular flexibility index (Phi) is 3.80. The van der Waals surface area contributed by atoms with Crippen LogP contribution in [0.2, 0.25) is 0 Å². The maximum absolute atomic E-state index is 13.2. The fourth-order valence-corrected chi connectivity index (χ4v) is 2.32. The summed E-state index contributed by atoms with van der Waals surface area (Å²) < 4.78 is 13.2. The number of anilines is 2. The van der Waals surface area contributed by atoms with Crippen LogP contribution in [0, 0.1) is 5.82 Å². The molecule has 0 radical (unpaired) electrons. The van der Waals surface area contributed by atoms with Crippen LogP contribution in [0.15, 0.2) is 48.7 Å². The molecule has 23 heavy (non-hydrogen) atoms. The Labute approximate surface area is 131 Å². The summed E-state index contributed by atoms with van der Waals surface area (Å²) in [6, 6.07) is 11.0. The van der Waals surface area contributed by atoms with E-state index < -0.39 is 0 Å². The van der Waals surface area contributed by atoms with Crippen LogP contribution in [0.3, 0.4) is 0 Å². The number of aromatic nitrogens is 1. The van der Waals surface area contributed by atoms with Crippen LogP contribution >= 0.6 is 0 Å². The standard InChI is InChI=1S/C17H14FN3O2/c1-10(22)20-12-3-5-13(6-4-12)21-17(23)15-9-19-16-8-11(18)2-7-14(15)16/h2-9,19H,1H3,(H,20,22)(H,21,23). The summed E-state index contributed by atoms with van der Waals surface area (Å²) in [6.45, 7) is 1.43. The first-order valence-corrected chi connectivity index (χ1v) is 6.98. The number of hydrogen-bond acceptors (Lipinski definition) is 2. The van der Waals surface area contributed by atoms with Gasteiger partial charge in [0.1, 0.15) is 5.82 Å². The lowest BCUT2D eigenvalue weighted by atomic mass is 10.1. The van der Waals surface area contributed by atoms with Crippen molar-refractivity contribution in [3.8, 4) is 0 Å². The minimum absolute atomic E-state index is 0.159. The van der Waals surface area contributed by atoms with Crippen molar-refractivity contribution < 1.29 is 14.0 Å². The number of aromatic amines is 1. The number of H-pyrrole nitrogens is 1. The van der Waals surface area contributed by atoms with Crippen molar-refractivity contribution in [2.45, 2.75) is 6.92 Å². The van der Waals surface area contributed by atoms with Gasteiger partial charge < -0.3 is 15.6 Å². The minimum atomic E-state index is -0.361. The van der Waals surface area contributed by atoms with Crippen LogP contribution in [0.1, 0.15) is 17.3 Å². The number of halogens is 1. The molecule has 0 unspecified atom stereocenters. The zero-order chi connectivity index (χ0) is 16.4. The van der Waals surface area contributed by atoms with Crippen LogP contribution in [0.5, 0.6) is 0 Å². The Hall–Kier alpha value is -3.15. The van der Waals surface area contributed by atoms with Gasteiger partial charge in [-0.2, -0.15) is 0 Å². The second kappa shape index (κ2) is 5.92. The number of fused-ring (bicyclic) bond motifs is 1. The quantitative estimate of drug-likeness (QED) is 0.692. The van der Waals surface area contributed by atoms with Gasteiger partial charge in [0.15, 0.2) is 0 Å². The number of rotatable bonds is 3. The van der Waals surface area contributed by atoms with Gasteiger partial charge in [-0.25, -0.2) is 4.39 Å². The van der Waals surface area contributed by atoms with E-state index >= 15 is 0 Å². The molecule has 3 aromatic rings. The lowest BCUT2D eigenvalue weighted by Crippen LogP contribution is -2.11. The summed E-state index contributed by atoms with van der Waals surface area (Å²) in [7, 11) is 0. The topological polar surface area (TPSA) is 74.0 Å². The molecule has 0 aliphatic heterocycles. The third-order valence-corrected chi connectivity index (χ3v) is 3.35. The van der Waals surface area contributed by atoms with Crippen molar-refractivity contribution in [3.05, 3.63) is 60.0 Å². The molecule has 0 aliphatic rings. The molecular formula is C17H14FN3O2. The van der Waals surface area contributed by atoms with E-state index in [9.17, 15) is 14.0 Å². The van der Waals surface area contributed by atoms with Crippen molar-refractivity contribution in [3.63, 3.8) is 0 Å². The Bertz CT molecular complexity index is 884. The van der Waals surface area contributed by atoms with Crippen molar-refractivity contribution in [1.29, 1.82) is 0 Å². The van der Waals surface area contributed by atoms with Gasteiger partial charge >= 0.3 is 0 Å². The first-order valence-electron chi connectivity index (χ1n) is 6.98. The highest BCUT2D eigenvalue weighted by molar-refractivity contribution is 6.12. The molecule has 0 aliphatic carbocycles. The van der Waals surface area contributed by atoms with Crippen LogP contribution in [-0.4, -0.2) is 16.8 Å². The fourth-order valence-electron chi connectivity index (χ4n) is 2.32. The third kappa shape index (κ3) is 3.21. The van der Waals surface area contributed by atoms with Gasteiger partial charge in [0.2, 0.25) is 5.91 Å². The summed E-state index contributed by atoms with van der Waals surface area (Å²) in [6.07, 6.45) is 1.55. The average molecular weight is 311 g/mol. The van der Waals surface area contributed by atoms with Crippen molar-refractivity contribution >= 4 is 34.1 Å². The first-order chi connectivity index (χ1) is 11.0. The van der Waals surface area contributed by atoms with Crippen molar-refractivity contribution in [2.24, 2.45) is 0 Å². The molecule has 3 rings (SSSR count). The van der Waals surface area contributed by atoms with E-state index in [1.54, 1.807) is 36.5 Å². The highest BCUT2D eigenvalue weighted by atomic mass is 19.1. The number of amides is 2. The lowest BCUT2D eigenvalue weighted by molar-refractivity contribution is -0.114. The summed E-state index contributed by atoms with van der Waals surface area (Å²) in [5, 5.41) is 6.07. The van der Waals surface area contributed by atoms with Gasteiger partial charge in [0.25, 0.3) is 5.91 Å². The van der Waals surface area contributed by atoms with Crippen LogP contribution < -0.4 is 10.6 Å². The molecule has 0 spiro atoms. The Morgan fingerprint density at radius 1 is 1.00 bits per heavy atom. The smallest absolute Gasteiger partial charge is 0.257 e. The van der Waals surface area contributed by atoms with Crippen molar-refractivity contribution in [2.75, 3.05) is 10.6 Å². The second-order valence-electron chi connectivity index (χ2n) is 5.10. The largest absolute Gasteiger partial charge is 0.360 e. The number of nitrogens with one attached hydrogen (secondary N) is 3. The Morgan fingerprint density at radius 3 is 2.30 bits per heavy atom. The highest BCUT2D eigenvalue weighted by Gasteiger charge is 2.12. The van der Waals surface area contributed by atoms with Gasteiger partial charge in [-0.15, -0.1) is 0 Å². The van der Waals surface area contributed by atoms with E-state index in [0.717, 1.165) is 0 Å². The molecule has 0 saturated heterocycles. The lowest BCUT2D eigenvalue weighted by Gasteiger charge is -2.06. The maximum atomic E-state index is 13.2. The normalized spacial score (nSPS) is 10.5. The molecule has 0 fully saturated rings. The van der Waals surface area contributed by atoms with E-state index in [-0.39, 0.29) is 17.6 Å². The Balaban J connectivity index is 1.79. The fraction of sp³-hybridized carbons (Fsp3) is 0.0588. The second-order valence-corrected chi connectivity index (χ2v) is 5.10. The molecule has 1 aromatic heterocycles. The number of carbonyl (C=O) groups excluding carboxylic acids is 2. The number of carbonyl (C=O) groups is 2. The predicted octanol–water partition coefficient (Wildman–Crippen LogP) is 3.52.